The highest BCUT2D eigenvalue weighted by atomic mass is 16.8. The van der Waals surface area contributed by atoms with Crippen molar-refractivity contribution in [2.75, 3.05) is 72.5 Å². The predicted octanol–water partition coefficient (Wildman–Crippen LogP) is -15.6. The summed E-state index contributed by atoms with van der Waals surface area (Å²) in [5, 5.41) is 237. The Labute approximate surface area is 516 Å². The van der Waals surface area contributed by atoms with Gasteiger partial charge < -0.3 is 184 Å². The normalized spacial score (nSPS) is 48.9. The second kappa shape index (κ2) is 33.3. The Morgan fingerprint density at radius 1 is 0.363 bits per heavy atom. The Hall–Kier alpha value is -2.31. The summed E-state index contributed by atoms with van der Waals surface area (Å²) < 4.78 is 86.0. The van der Waals surface area contributed by atoms with Crippen LogP contribution in [0, 0.1) is 0 Å². The van der Waals surface area contributed by atoms with Crippen LogP contribution in [0.2, 0.25) is 0 Å². The summed E-state index contributed by atoms with van der Waals surface area (Å²) in [5.41, 5.74) is 2.64. The quantitative estimate of drug-likeness (QED) is 0.0278. The van der Waals surface area contributed by atoms with Gasteiger partial charge in [-0.05, 0) is 6.92 Å². The van der Waals surface area contributed by atoms with Crippen LogP contribution < -0.4 is 10.8 Å². The van der Waals surface area contributed by atoms with E-state index in [1.807, 2.05) is 0 Å². The van der Waals surface area contributed by atoms with Crippen LogP contribution in [0.15, 0.2) is 12.2 Å². The summed E-state index contributed by atoms with van der Waals surface area (Å²) in [6.07, 6.45) is -72.0. The molecule has 40 heteroatoms. The number of ether oxygens (including phenoxy) is 15. The van der Waals surface area contributed by atoms with E-state index in [0.717, 1.165) is 0 Å². The van der Waals surface area contributed by atoms with E-state index < -0.39 is 280 Å². The Morgan fingerprint density at radius 3 is 0.824 bits per heavy atom. The van der Waals surface area contributed by atoms with Crippen LogP contribution in [-0.4, -0.2) is 407 Å². The molecule has 91 heavy (non-hydrogen) atoms. The summed E-state index contributed by atoms with van der Waals surface area (Å²) in [7, 11) is 0. The second-order valence-corrected chi connectivity index (χ2v) is 22.9. The SMILES string of the molecule is C=C(C)C(=O)OCC(O)CONCCNC[C@H]1O[C@@H]2O[C@H]3[C@H](O)[C@@H](O)[C@@H](O[C@H]4[C@H](O)[C@@H](O)[C@@H](O[C@H]5[C@H](O)[C@@H](O)[C@@H](O[C@H]6[C@H](O)[C@@H](O)[C@@H](O[C@H]7[C@H](O)[C@@H](O)[C@@H](O[C@H]8[C@H](O)[C@@H](O)[C@@H](O[C@H]1[C@H](O)[C@H]2O)O[C@@H]8CO)O[C@@H]7CO)O[C@@H]6CO)O[C@@H]5CO)O[C@@H]4CO)O[C@@H]3CO. The predicted molar refractivity (Wildman–Crippen MR) is 280 cm³/mol. The molecule has 21 fully saturated rings. The highest BCUT2D eigenvalue weighted by Gasteiger charge is 2.59. The summed E-state index contributed by atoms with van der Waals surface area (Å²) in [6, 6.07) is 0. The molecule has 0 aromatic carbocycles. The molecule has 14 bridgehead atoms. The number of hydroxylamine groups is 1. The zero-order chi connectivity index (χ0) is 66.4. The van der Waals surface area contributed by atoms with Crippen molar-refractivity contribution in [3.63, 3.8) is 0 Å². The molecule has 0 amide bonds. The molecule has 0 aliphatic carbocycles. The average Bonchev–Trinajstić information content (AvgIpc) is 0.813. The van der Waals surface area contributed by atoms with Gasteiger partial charge in [0.1, 0.15) is 184 Å². The monoisotopic (exact) mass is 1330 g/mol. The van der Waals surface area contributed by atoms with Crippen molar-refractivity contribution in [1.82, 2.24) is 10.8 Å². The molecule has 0 aromatic heterocycles. The maximum absolute atomic E-state index is 11.8. The number of esters is 1. The molecule has 0 radical (unpaired) electrons. The fraction of sp³-hybridized carbons (Fsp3) is 0.941. The highest BCUT2D eigenvalue weighted by molar-refractivity contribution is 5.86. The molecule has 40 nitrogen and oxygen atoms in total. The third-order valence-electron chi connectivity index (χ3n) is 16.5. The number of carbonyl (C=O) groups is 1. The lowest BCUT2D eigenvalue weighted by molar-refractivity contribution is -0.396. The third-order valence-corrected chi connectivity index (χ3v) is 16.5. The minimum absolute atomic E-state index is 0.0249. The smallest absolute Gasteiger partial charge is 0.333 e. The topological polar surface area (TPSA) is 614 Å². The lowest BCUT2D eigenvalue weighted by Crippen LogP contribution is -2.68. The molecule has 528 valence electrons. The van der Waals surface area contributed by atoms with Crippen LogP contribution >= 0.6 is 0 Å². The number of aliphatic hydroxyl groups excluding tert-OH is 21. The van der Waals surface area contributed by atoms with E-state index in [1.54, 1.807) is 0 Å². The number of hydrogen-bond acceptors (Lipinski definition) is 40. The maximum Gasteiger partial charge on any atom is 0.333 e. The molecule has 21 rings (SSSR count). The van der Waals surface area contributed by atoms with Crippen molar-refractivity contribution in [3.05, 3.63) is 12.2 Å². The Bertz CT molecular complexity index is 2230. The summed E-state index contributed by atoms with van der Waals surface area (Å²) in [4.78, 5) is 16.9. The van der Waals surface area contributed by atoms with Crippen molar-refractivity contribution < 1.29 is 188 Å². The van der Waals surface area contributed by atoms with Gasteiger partial charge in [0, 0.05) is 25.2 Å². The van der Waals surface area contributed by atoms with Crippen LogP contribution in [0.25, 0.3) is 0 Å². The zero-order valence-electron chi connectivity index (χ0n) is 48.6. The van der Waals surface area contributed by atoms with Gasteiger partial charge in [0.15, 0.2) is 44.0 Å². The van der Waals surface area contributed by atoms with E-state index >= 15 is 0 Å². The van der Waals surface area contributed by atoms with Gasteiger partial charge >= 0.3 is 5.97 Å². The van der Waals surface area contributed by atoms with Crippen LogP contribution in [0.1, 0.15) is 6.92 Å². The maximum atomic E-state index is 11.8. The van der Waals surface area contributed by atoms with Gasteiger partial charge in [-0.25, -0.2) is 10.3 Å². The average molecular weight is 1340 g/mol. The Balaban J connectivity index is 1.06. The molecule has 36 atom stereocenters. The van der Waals surface area contributed by atoms with Gasteiger partial charge in [-0.1, -0.05) is 6.58 Å². The van der Waals surface area contributed by atoms with Gasteiger partial charge in [0.2, 0.25) is 0 Å². The first kappa shape index (κ1) is 74.5. The lowest BCUT2D eigenvalue weighted by atomic mass is 9.95. The van der Waals surface area contributed by atoms with Crippen molar-refractivity contribution in [3.8, 4) is 0 Å². The Morgan fingerprint density at radius 2 is 0.593 bits per heavy atom. The molecular formula is C51H86N2O38. The van der Waals surface area contributed by atoms with E-state index in [1.165, 1.54) is 6.92 Å². The molecule has 21 aliphatic heterocycles. The Kier molecular flexibility index (Phi) is 27.2. The summed E-state index contributed by atoms with van der Waals surface area (Å²) in [6.45, 7) is -2.75. The van der Waals surface area contributed by atoms with Crippen molar-refractivity contribution in [2.24, 2.45) is 0 Å². The number of carbonyl (C=O) groups excluding carboxylic acids is 1. The van der Waals surface area contributed by atoms with Crippen LogP contribution in [0.4, 0.5) is 0 Å². The second-order valence-electron chi connectivity index (χ2n) is 22.9. The van der Waals surface area contributed by atoms with Crippen molar-refractivity contribution in [1.29, 1.82) is 0 Å². The molecule has 0 saturated carbocycles. The molecule has 0 spiro atoms. The van der Waals surface area contributed by atoms with Gasteiger partial charge in [-0.15, -0.1) is 0 Å². The zero-order valence-corrected chi connectivity index (χ0v) is 48.6. The molecular weight excluding hydrogens is 1250 g/mol. The molecule has 21 saturated heterocycles. The lowest BCUT2D eigenvalue weighted by Gasteiger charge is -2.50. The van der Waals surface area contributed by atoms with E-state index in [9.17, 15) is 112 Å². The molecule has 21 aliphatic rings. The van der Waals surface area contributed by atoms with Gasteiger partial charge in [-0.3, -0.25) is 4.84 Å². The van der Waals surface area contributed by atoms with Gasteiger partial charge in [0.25, 0.3) is 0 Å². The third kappa shape index (κ3) is 16.6. The van der Waals surface area contributed by atoms with Crippen LogP contribution in [-0.2, 0) is 80.7 Å². The largest absolute Gasteiger partial charge is 0.460 e. The van der Waals surface area contributed by atoms with Crippen molar-refractivity contribution in [2.45, 2.75) is 228 Å². The number of nitrogens with one attached hydrogen (secondary N) is 2. The fourth-order valence-electron chi connectivity index (χ4n) is 11.4. The van der Waals surface area contributed by atoms with Gasteiger partial charge in [0.05, 0.1) is 46.2 Å². The van der Waals surface area contributed by atoms with Crippen LogP contribution in [0.5, 0.6) is 0 Å². The first-order valence-corrected chi connectivity index (χ1v) is 29.2. The first-order chi connectivity index (χ1) is 43.3. The van der Waals surface area contributed by atoms with E-state index in [2.05, 4.69) is 17.4 Å². The van der Waals surface area contributed by atoms with E-state index in [4.69, 9.17) is 75.9 Å². The number of rotatable bonds is 17. The standard InChI is InChI=1S/C51H86N2O38/c1-14(2)44(75)76-12-15(60)13-77-53-4-3-52-5-16-37-23(61)30(68)45(78-16)86-38-17(6-54)80-47(32(70)25(38)63)88-40-19(8-56)82-49(34(72)27(40)65)90-42-21(10-58)84-51(36(74)29(42)67)91-43-22(11-59)83-50(35(73)28(43)66)89-41-20(9-57)81-48(33(71)26(41)64)87-39-18(7-55)79-46(85-37)31(69)24(39)62/h15-43,45-74H,1,3-13H2,2H3/t15?,16-,17-,18-,19-,20-,21-,22-,23-,24-,25-,26-,27-,28-,29-,30-,31-,32-,33-,34-,35-,36-,37-,38-,39-,40-,41-,42-,43-,45-,46-,47-,48-,49-,50-,51-/m1/s1. The van der Waals surface area contributed by atoms with Gasteiger partial charge in [-0.2, -0.15) is 0 Å². The minimum Gasteiger partial charge on any atom is -0.460 e. The first-order valence-electron chi connectivity index (χ1n) is 29.2. The highest BCUT2D eigenvalue weighted by Crippen LogP contribution is 2.39. The van der Waals surface area contributed by atoms with E-state index in [-0.39, 0.29) is 25.3 Å². The fourth-order valence-corrected chi connectivity index (χ4v) is 11.4. The number of hydrogen-bond donors (Lipinski definition) is 23. The number of aliphatic hydroxyl groups is 21. The van der Waals surface area contributed by atoms with Crippen LogP contribution in [0.3, 0.4) is 0 Å². The molecule has 23 N–H and O–H groups in total. The minimum atomic E-state index is -2.24. The summed E-state index contributed by atoms with van der Waals surface area (Å²) in [5.74, 6) is -0.739. The summed E-state index contributed by atoms with van der Waals surface area (Å²) >= 11 is 0. The molecule has 1 unspecified atom stereocenters. The van der Waals surface area contributed by atoms with E-state index in [0.29, 0.717) is 0 Å². The van der Waals surface area contributed by atoms with Crippen molar-refractivity contribution >= 4 is 5.97 Å². The molecule has 0 aromatic rings. The molecule has 21 heterocycles.